The average Bonchev–Trinajstić information content (AvgIpc) is 1.89. The predicted molar refractivity (Wildman–Crippen MR) is 38.2 cm³/mol. The molecule has 3 heteroatoms. The summed E-state index contributed by atoms with van der Waals surface area (Å²) >= 11 is 0. The normalized spacial score (nSPS) is 10.7. The highest BCUT2D eigenvalue weighted by Gasteiger charge is 1.91. The number of hydrogen-bond donors (Lipinski definition) is 1. The van der Waals surface area contributed by atoms with Crippen LogP contribution in [-0.2, 0) is 4.74 Å². The van der Waals surface area contributed by atoms with Crippen LogP contribution in [0.1, 0.15) is 6.92 Å². The lowest BCUT2D eigenvalue weighted by Crippen LogP contribution is -2.29. The van der Waals surface area contributed by atoms with Crippen LogP contribution in [-0.4, -0.2) is 38.4 Å². The predicted octanol–water partition coefficient (Wildman–Crippen LogP) is -0.129. The summed E-state index contributed by atoms with van der Waals surface area (Å²) in [7, 11) is 1.97. The quantitative estimate of drug-likeness (QED) is 0.418. The number of rotatable bonds is 5. The molecular formula is C6H16N2O. The van der Waals surface area contributed by atoms with Gasteiger partial charge in [0, 0.05) is 19.8 Å². The van der Waals surface area contributed by atoms with E-state index >= 15 is 0 Å². The van der Waals surface area contributed by atoms with Gasteiger partial charge in [-0.1, -0.05) is 0 Å². The maximum Gasteiger partial charge on any atom is 0.0593 e. The van der Waals surface area contributed by atoms with Crippen molar-refractivity contribution < 1.29 is 4.74 Å². The minimum absolute atomic E-state index is 0.604. The first-order valence-electron chi connectivity index (χ1n) is 3.27. The summed E-state index contributed by atoms with van der Waals surface area (Å²) in [6.07, 6.45) is 0. The Kier molecular flexibility index (Phi) is 5.93. The van der Waals surface area contributed by atoms with Crippen molar-refractivity contribution in [2.45, 2.75) is 6.92 Å². The third-order valence-electron chi connectivity index (χ3n) is 1.13. The third kappa shape index (κ3) is 5.76. The van der Waals surface area contributed by atoms with Gasteiger partial charge in [-0.3, -0.25) is 4.90 Å². The summed E-state index contributed by atoms with van der Waals surface area (Å²) in [5.74, 6) is 0. The Morgan fingerprint density at radius 1 is 1.56 bits per heavy atom. The minimum Gasteiger partial charge on any atom is -0.380 e. The molecule has 0 heterocycles. The molecule has 0 unspecified atom stereocenters. The van der Waals surface area contributed by atoms with Crippen molar-refractivity contribution in [3.8, 4) is 0 Å². The number of hydrogen-bond acceptors (Lipinski definition) is 3. The molecule has 0 bridgehead atoms. The van der Waals surface area contributed by atoms with E-state index < -0.39 is 0 Å². The van der Waals surface area contributed by atoms with Crippen LogP contribution in [0.4, 0.5) is 0 Å². The molecule has 0 amide bonds. The third-order valence-corrected chi connectivity index (χ3v) is 1.13. The van der Waals surface area contributed by atoms with Crippen LogP contribution in [0.5, 0.6) is 0 Å². The van der Waals surface area contributed by atoms with E-state index in [2.05, 4.69) is 0 Å². The Bertz CT molecular complexity index is 59.0. The van der Waals surface area contributed by atoms with Gasteiger partial charge in [-0.15, -0.1) is 0 Å². The first-order valence-corrected chi connectivity index (χ1v) is 3.27. The highest BCUT2D eigenvalue weighted by molar-refractivity contribution is 4.42. The van der Waals surface area contributed by atoms with Gasteiger partial charge in [-0.25, -0.2) is 0 Å². The van der Waals surface area contributed by atoms with Gasteiger partial charge in [0.05, 0.1) is 6.61 Å². The summed E-state index contributed by atoms with van der Waals surface area (Å²) in [6, 6.07) is 0. The van der Waals surface area contributed by atoms with Crippen molar-refractivity contribution in [2.24, 2.45) is 5.73 Å². The van der Waals surface area contributed by atoms with Crippen molar-refractivity contribution in [1.82, 2.24) is 4.90 Å². The standard InChI is InChI=1S/C6H16N2O/c1-3-9-5-4-8(2)6-7/h3-7H2,1-2H3. The molecule has 0 rings (SSSR count). The molecule has 0 aromatic rings. The van der Waals surface area contributed by atoms with Crippen molar-refractivity contribution in [2.75, 3.05) is 33.5 Å². The molecule has 9 heavy (non-hydrogen) atoms. The second-order valence-corrected chi connectivity index (χ2v) is 1.96. The van der Waals surface area contributed by atoms with Crippen LogP contribution in [0.15, 0.2) is 0 Å². The minimum atomic E-state index is 0.604. The Morgan fingerprint density at radius 3 is 2.67 bits per heavy atom. The molecule has 0 aliphatic carbocycles. The van der Waals surface area contributed by atoms with Crippen LogP contribution in [0.2, 0.25) is 0 Å². The first kappa shape index (κ1) is 8.88. The van der Waals surface area contributed by atoms with Crippen molar-refractivity contribution in [3.05, 3.63) is 0 Å². The van der Waals surface area contributed by atoms with E-state index in [9.17, 15) is 0 Å². The monoisotopic (exact) mass is 132 g/mol. The zero-order chi connectivity index (χ0) is 7.11. The summed E-state index contributed by atoms with van der Waals surface area (Å²) in [4.78, 5) is 2.01. The van der Waals surface area contributed by atoms with Crippen LogP contribution < -0.4 is 5.73 Å². The van der Waals surface area contributed by atoms with E-state index in [0.717, 1.165) is 19.8 Å². The fourth-order valence-corrected chi connectivity index (χ4v) is 0.456. The van der Waals surface area contributed by atoms with Gasteiger partial charge in [0.2, 0.25) is 0 Å². The highest BCUT2D eigenvalue weighted by atomic mass is 16.5. The molecule has 0 spiro atoms. The van der Waals surface area contributed by atoms with Gasteiger partial charge in [-0.05, 0) is 14.0 Å². The molecule has 0 saturated heterocycles. The van der Waals surface area contributed by atoms with Gasteiger partial charge < -0.3 is 10.5 Å². The largest absolute Gasteiger partial charge is 0.380 e. The van der Waals surface area contributed by atoms with Gasteiger partial charge in [0.15, 0.2) is 0 Å². The molecule has 0 aliphatic rings. The van der Waals surface area contributed by atoms with Crippen molar-refractivity contribution >= 4 is 0 Å². The Morgan fingerprint density at radius 2 is 2.22 bits per heavy atom. The van der Waals surface area contributed by atoms with Crippen LogP contribution in [0.3, 0.4) is 0 Å². The Labute approximate surface area is 56.8 Å². The van der Waals surface area contributed by atoms with E-state index in [1.165, 1.54) is 0 Å². The smallest absolute Gasteiger partial charge is 0.0593 e. The summed E-state index contributed by atoms with van der Waals surface area (Å²) in [5.41, 5.74) is 5.32. The van der Waals surface area contributed by atoms with Crippen LogP contribution in [0, 0.1) is 0 Å². The van der Waals surface area contributed by atoms with Gasteiger partial charge in [0.1, 0.15) is 0 Å². The summed E-state index contributed by atoms with van der Waals surface area (Å²) < 4.78 is 5.11. The highest BCUT2D eigenvalue weighted by Crippen LogP contribution is 1.78. The van der Waals surface area contributed by atoms with E-state index in [1.54, 1.807) is 0 Å². The van der Waals surface area contributed by atoms with Gasteiger partial charge >= 0.3 is 0 Å². The fourth-order valence-electron chi connectivity index (χ4n) is 0.456. The van der Waals surface area contributed by atoms with E-state index in [0.29, 0.717) is 6.67 Å². The Balaban J connectivity index is 2.88. The summed E-state index contributed by atoms with van der Waals surface area (Å²) in [6.45, 7) is 5.09. The average molecular weight is 132 g/mol. The van der Waals surface area contributed by atoms with Gasteiger partial charge in [-0.2, -0.15) is 0 Å². The lowest BCUT2D eigenvalue weighted by atomic mass is 10.6. The second kappa shape index (κ2) is 6.01. The maximum atomic E-state index is 5.32. The zero-order valence-corrected chi connectivity index (χ0v) is 6.26. The molecule has 2 N–H and O–H groups in total. The number of nitrogens with zero attached hydrogens (tertiary/aromatic N) is 1. The van der Waals surface area contributed by atoms with E-state index in [1.807, 2.05) is 18.9 Å². The first-order chi connectivity index (χ1) is 4.31. The topological polar surface area (TPSA) is 38.5 Å². The SMILES string of the molecule is CCOCCN(C)CN. The van der Waals surface area contributed by atoms with Crippen molar-refractivity contribution in [1.29, 1.82) is 0 Å². The van der Waals surface area contributed by atoms with E-state index in [-0.39, 0.29) is 0 Å². The number of likely N-dealkylation sites (N-methyl/N-ethyl adjacent to an activating group) is 1. The maximum absolute atomic E-state index is 5.32. The molecule has 0 aromatic carbocycles. The molecular weight excluding hydrogens is 116 g/mol. The van der Waals surface area contributed by atoms with Crippen molar-refractivity contribution in [3.63, 3.8) is 0 Å². The van der Waals surface area contributed by atoms with Crippen LogP contribution in [0.25, 0.3) is 0 Å². The molecule has 0 fully saturated rings. The number of nitrogens with two attached hydrogens (primary N) is 1. The van der Waals surface area contributed by atoms with E-state index in [4.69, 9.17) is 10.5 Å². The second-order valence-electron chi connectivity index (χ2n) is 1.96. The Hall–Kier alpha value is -0.120. The lowest BCUT2D eigenvalue weighted by Gasteiger charge is -2.12. The molecule has 0 saturated carbocycles. The zero-order valence-electron chi connectivity index (χ0n) is 6.26. The van der Waals surface area contributed by atoms with Crippen LogP contribution >= 0.6 is 0 Å². The molecule has 0 aliphatic heterocycles. The molecule has 56 valence electrons. The number of ether oxygens (including phenoxy) is 1. The fraction of sp³-hybridized carbons (Fsp3) is 1.00. The molecule has 0 radical (unpaired) electrons. The lowest BCUT2D eigenvalue weighted by molar-refractivity contribution is 0.123. The molecule has 0 atom stereocenters. The van der Waals surface area contributed by atoms with Gasteiger partial charge in [0.25, 0.3) is 0 Å². The summed E-state index contributed by atoms with van der Waals surface area (Å²) in [5, 5.41) is 0. The molecule has 3 nitrogen and oxygen atoms in total. The molecule has 0 aromatic heterocycles.